The quantitative estimate of drug-likeness (QED) is 0.266. The first-order valence-electron chi connectivity index (χ1n) is 11.7. The largest absolute Gasteiger partial charge is 0.351 e. The van der Waals surface area contributed by atoms with Crippen molar-refractivity contribution >= 4 is 49.5 Å². The number of anilines is 1. The van der Waals surface area contributed by atoms with Crippen molar-refractivity contribution in [1.82, 2.24) is 14.7 Å². The SMILES string of the molecule is NC(=O)Nc1ccc(CCN2C(=O)CO[C@@H]2c2cn(-c3ccc(Br)cc3)nc2-c2ccc(F)cc2)cc1Br. The van der Waals surface area contributed by atoms with E-state index in [1.54, 1.807) is 27.8 Å². The number of hydrogen-bond donors (Lipinski definition) is 2. The first kappa shape index (κ1) is 26.1. The van der Waals surface area contributed by atoms with E-state index in [1.165, 1.54) is 12.1 Å². The van der Waals surface area contributed by atoms with E-state index >= 15 is 0 Å². The van der Waals surface area contributed by atoms with Crippen LogP contribution in [0.2, 0.25) is 0 Å². The molecule has 8 nitrogen and oxygen atoms in total. The molecule has 0 aliphatic carbocycles. The molecule has 1 fully saturated rings. The standard InChI is InChI=1S/C27H22Br2FN5O3/c28-18-4-8-20(9-5-18)35-14-21(25(33-35)17-2-6-19(30)7-3-17)26-34(24(36)15-38-26)12-11-16-1-10-23(22(29)13-16)32-27(31)37/h1-10,13-14,26H,11-12,15H2,(H3,31,32,37)/t26-/m1/s1. The van der Waals surface area contributed by atoms with Gasteiger partial charge in [0.05, 0.1) is 11.4 Å². The number of nitrogens with zero attached hydrogens (tertiary/aromatic N) is 3. The van der Waals surface area contributed by atoms with Crippen LogP contribution >= 0.6 is 31.9 Å². The molecule has 3 aromatic carbocycles. The Labute approximate surface area is 234 Å². The number of carbonyl (C=O) groups is 2. The summed E-state index contributed by atoms with van der Waals surface area (Å²) in [5.41, 5.74) is 9.56. The zero-order chi connectivity index (χ0) is 26.8. The Kier molecular flexibility index (Phi) is 7.59. The van der Waals surface area contributed by atoms with Gasteiger partial charge in [-0.3, -0.25) is 4.79 Å². The number of aromatic nitrogens is 2. The maximum atomic E-state index is 13.7. The molecule has 4 aromatic rings. The van der Waals surface area contributed by atoms with Gasteiger partial charge in [-0.2, -0.15) is 5.10 Å². The highest BCUT2D eigenvalue weighted by molar-refractivity contribution is 9.10. The third-order valence-electron chi connectivity index (χ3n) is 6.12. The zero-order valence-corrected chi connectivity index (χ0v) is 23.1. The predicted octanol–water partition coefficient (Wildman–Crippen LogP) is 5.79. The molecule has 0 saturated carbocycles. The molecular formula is C27H22Br2FN5O3. The van der Waals surface area contributed by atoms with Crippen molar-refractivity contribution in [3.8, 4) is 16.9 Å². The third-order valence-corrected chi connectivity index (χ3v) is 7.30. The van der Waals surface area contributed by atoms with E-state index in [0.29, 0.717) is 39.9 Å². The molecule has 1 atom stereocenters. The minimum atomic E-state index is -0.661. The molecular weight excluding hydrogens is 621 g/mol. The van der Waals surface area contributed by atoms with Gasteiger partial charge in [0, 0.05) is 32.8 Å². The lowest BCUT2D eigenvalue weighted by molar-refractivity contribution is -0.128. The van der Waals surface area contributed by atoms with Gasteiger partial charge in [-0.1, -0.05) is 22.0 Å². The van der Waals surface area contributed by atoms with Crippen LogP contribution in [0.4, 0.5) is 14.9 Å². The van der Waals surface area contributed by atoms with Crippen LogP contribution in [0.1, 0.15) is 17.4 Å². The molecule has 3 N–H and O–H groups in total. The Morgan fingerprint density at radius 3 is 2.53 bits per heavy atom. The first-order valence-corrected chi connectivity index (χ1v) is 13.2. The van der Waals surface area contributed by atoms with Crippen molar-refractivity contribution in [3.63, 3.8) is 0 Å². The molecule has 38 heavy (non-hydrogen) atoms. The number of primary amides is 1. The van der Waals surface area contributed by atoms with E-state index in [1.807, 2.05) is 42.6 Å². The summed E-state index contributed by atoms with van der Waals surface area (Å²) in [4.78, 5) is 25.7. The highest BCUT2D eigenvalue weighted by Gasteiger charge is 2.36. The van der Waals surface area contributed by atoms with Crippen molar-refractivity contribution in [3.05, 3.63) is 98.8 Å². The second kappa shape index (κ2) is 11.1. The average Bonchev–Trinajstić information content (AvgIpc) is 3.48. The van der Waals surface area contributed by atoms with Crippen molar-refractivity contribution < 1.29 is 18.7 Å². The number of amides is 3. The molecule has 0 bridgehead atoms. The van der Waals surface area contributed by atoms with Crippen molar-refractivity contribution in [2.75, 3.05) is 18.5 Å². The fourth-order valence-corrected chi connectivity index (χ4v) is 5.07. The third kappa shape index (κ3) is 5.64. The van der Waals surface area contributed by atoms with Gasteiger partial charge in [-0.25, -0.2) is 13.9 Å². The van der Waals surface area contributed by atoms with E-state index in [-0.39, 0.29) is 18.3 Å². The molecule has 0 spiro atoms. The molecule has 1 aliphatic heterocycles. The van der Waals surface area contributed by atoms with E-state index in [0.717, 1.165) is 15.7 Å². The van der Waals surface area contributed by atoms with E-state index in [9.17, 15) is 14.0 Å². The lowest BCUT2D eigenvalue weighted by Crippen LogP contribution is -2.30. The Morgan fingerprint density at radius 2 is 1.84 bits per heavy atom. The summed E-state index contributed by atoms with van der Waals surface area (Å²) in [6, 6.07) is 18.6. The molecule has 2 heterocycles. The fraction of sp³-hybridized carbons (Fsp3) is 0.148. The van der Waals surface area contributed by atoms with E-state index < -0.39 is 12.3 Å². The van der Waals surface area contributed by atoms with Gasteiger partial charge in [0.2, 0.25) is 0 Å². The number of halogens is 3. The number of ether oxygens (including phenoxy) is 1. The Balaban J connectivity index is 1.45. The lowest BCUT2D eigenvalue weighted by atomic mass is 10.1. The molecule has 3 amide bonds. The van der Waals surface area contributed by atoms with Crippen LogP contribution < -0.4 is 11.1 Å². The molecule has 11 heteroatoms. The van der Waals surface area contributed by atoms with Crippen LogP contribution in [-0.4, -0.2) is 39.8 Å². The number of carbonyl (C=O) groups excluding carboxylic acids is 2. The van der Waals surface area contributed by atoms with Crippen LogP contribution in [0, 0.1) is 5.82 Å². The Hall–Kier alpha value is -3.54. The summed E-state index contributed by atoms with van der Waals surface area (Å²) in [6.45, 7) is 0.340. The summed E-state index contributed by atoms with van der Waals surface area (Å²) in [5, 5.41) is 7.34. The predicted molar refractivity (Wildman–Crippen MR) is 148 cm³/mol. The van der Waals surface area contributed by atoms with E-state index in [4.69, 9.17) is 15.6 Å². The summed E-state index contributed by atoms with van der Waals surface area (Å²) < 4.78 is 23.0. The summed E-state index contributed by atoms with van der Waals surface area (Å²) in [5.74, 6) is -0.484. The maximum absolute atomic E-state index is 13.7. The van der Waals surface area contributed by atoms with Gasteiger partial charge in [-0.15, -0.1) is 0 Å². The highest BCUT2D eigenvalue weighted by Crippen LogP contribution is 2.36. The van der Waals surface area contributed by atoms with Crippen LogP contribution in [0.3, 0.4) is 0 Å². The Bertz CT molecular complexity index is 1490. The minimum Gasteiger partial charge on any atom is -0.351 e. The number of benzene rings is 3. The van der Waals surface area contributed by atoms with Crippen LogP contribution in [0.25, 0.3) is 16.9 Å². The highest BCUT2D eigenvalue weighted by atomic mass is 79.9. The van der Waals surface area contributed by atoms with Gasteiger partial charge in [-0.05, 0) is 88.6 Å². The van der Waals surface area contributed by atoms with Crippen molar-refractivity contribution in [2.24, 2.45) is 5.73 Å². The summed E-state index contributed by atoms with van der Waals surface area (Å²) in [6.07, 6.45) is 1.73. The zero-order valence-electron chi connectivity index (χ0n) is 19.9. The second-order valence-electron chi connectivity index (χ2n) is 8.66. The molecule has 5 rings (SSSR count). The van der Waals surface area contributed by atoms with Crippen LogP contribution in [-0.2, 0) is 16.0 Å². The van der Waals surface area contributed by atoms with Crippen molar-refractivity contribution in [1.29, 1.82) is 0 Å². The molecule has 0 unspecified atom stereocenters. The smallest absolute Gasteiger partial charge is 0.316 e. The minimum absolute atomic E-state index is 0.0534. The van der Waals surface area contributed by atoms with Crippen LogP contribution in [0.15, 0.2) is 81.9 Å². The summed E-state index contributed by atoms with van der Waals surface area (Å²) >= 11 is 6.89. The van der Waals surface area contributed by atoms with Gasteiger partial charge >= 0.3 is 6.03 Å². The van der Waals surface area contributed by atoms with Gasteiger partial charge in [0.1, 0.15) is 18.1 Å². The molecule has 1 saturated heterocycles. The number of nitrogens with one attached hydrogen (secondary N) is 1. The normalized spacial score (nSPS) is 15.2. The number of hydrogen-bond acceptors (Lipinski definition) is 4. The summed E-state index contributed by atoms with van der Waals surface area (Å²) in [7, 11) is 0. The second-order valence-corrected chi connectivity index (χ2v) is 10.4. The number of rotatable bonds is 7. The number of nitrogens with two attached hydrogens (primary N) is 1. The molecule has 194 valence electrons. The van der Waals surface area contributed by atoms with Gasteiger partial charge in [0.15, 0.2) is 6.23 Å². The van der Waals surface area contributed by atoms with Crippen molar-refractivity contribution in [2.45, 2.75) is 12.6 Å². The fourth-order valence-electron chi connectivity index (χ4n) is 4.28. The van der Waals surface area contributed by atoms with Gasteiger partial charge in [0.25, 0.3) is 5.91 Å². The Morgan fingerprint density at radius 1 is 1.11 bits per heavy atom. The monoisotopic (exact) mass is 641 g/mol. The maximum Gasteiger partial charge on any atom is 0.316 e. The first-order chi connectivity index (χ1) is 18.3. The van der Waals surface area contributed by atoms with E-state index in [2.05, 4.69) is 37.2 Å². The molecule has 1 aliphatic rings. The van der Waals surface area contributed by atoms with Crippen LogP contribution in [0.5, 0.6) is 0 Å². The van der Waals surface area contributed by atoms with Gasteiger partial charge < -0.3 is 20.7 Å². The average molecular weight is 643 g/mol. The molecule has 0 radical (unpaired) electrons. The number of urea groups is 1. The lowest BCUT2D eigenvalue weighted by Gasteiger charge is -2.23. The molecule has 1 aromatic heterocycles. The topological polar surface area (TPSA) is 102 Å².